The van der Waals surface area contributed by atoms with E-state index >= 15 is 0 Å². The fraction of sp³-hybridized carbons (Fsp3) is 0.789. The van der Waals surface area contributed by atoms with Gasteiger partial charge in [0.1, 0.15) is 6.61 Å². The number of hydrogen-bond acceptors (Lipinski definition) is 5. The minimum Gasteiger partial charge on any atom is -0.462 e. The van der Waals surface area contributed by atoms with Crippen LogP contribution in [0.5, 0.6) is 0 Å². The minimum absolute atomic E-state index is 0.0787. The number of esters is 2. The average Bonchev–Trinajstić information content (AvgIpc) is 3.28. The van der Waals surface area contributed by atoms with Gasteiger partial charge in [-0.15, -0.1) is 0 Å². The second-order valence-electron chi connectivity index (χ2n) is 17.9. The van der Waals surface area contributed by atoms with Gasteiger partial charge in [0.15, 0.2) is 6.10 Å². The number of hydrogen-bond donors (Lipinski definition) is 1. The molecule has 0 bridgehead atoms. The molecule has 0 aromatic carbocycles. The van der Waals surface area contributed by atoms with Crippen molar-refractivity contribution in [2.45, 2.75) is 277 Å². The fourth-order valence-electron chi connectivity index (χ4n) is 7.82. The SMILES string of the molecule is CC/C=C\C/C=C\C/C=C\C/C=C\C/C=C\CCCCCC(=O)OC(CO)COC(=O)CCCCCCCCCCCCCCCCCCCCCCCCCCCCCCC. The van der Waals surface area contributed by atoms with Crippen LogP contribution in [0.15, 0.2) is 60.8 Å². The Hall–Kier alpha value is -2.40. The predicted molar refractivity (Wildman–Crippen MR) is 270 cm³/mol. The zero-order chi connectivity index (χ0) is 44.9. The van der Waals surface area contributed by atoms with Crippen molar-refractivity contribution in [3.8, 4) is 0 Å². The predicted octanol–water partition coefficient (Wildman–Crippen LogP) is 17.9. The van der Waals surface area contributed by atoms with Gasteiger partial charge >= 0.3 is 11.9 Å². The molecule has 5 nitrogen and oxygen atoms in total. The van der Waals surface area contributed by atoms with E-state index in [1.54, 1.807) is 0 Å². The number of carbonyl (C=O) groups excluding carboxylic acids is 2. The molecule has 0 amide bonds. The molecule has 1 unspecified atom stereocenters. The van der Waals surface area contributed by atoms with Gasteiger partial charge in [0.25, 0.3) is 0 Å². The molecule has 0 rings (SSSR count). The smallest absolute Gasteiger partial charge is 0.306 e. The largest absolute Gasteiger partial charge is 0.462 e. The molecule has 0 aromatic heterocycles. The maximum absolute atomic E-state index is 12.2. The summed E-state index contributed by atoms with van der Waals surface area (Å²) in [4.78, 5) is 24.4. The van der Waals surface area contributed by atoms with Gasteiger partial charge in [0, 0.05) is 12.8 Å². The van der Waals surface area contributed by atoms with E-state index < -0.39 is 6.10 Å². The number of aliphatic hydroxyl groups is 1. The van der Waals surface area contributed by atoms with Crippen molar-refractivity contribution in [3.63, 3.8) is 0 Å². The Labute approximate surface area is 385 Å². The normalized spacial score (nSPS) is 12.6. The van der Waals surface area contributed by atoms with E-state index in [1.165, 1.54) is 167 Å². The summed E-state index contributed by atoms with van der Waals surface area (Å²) in [6.45, 7) is 4.03. The minimum atomic E-state index is -0.790. The molecule has 0 radical (unpaired) electrons. The summed E-state index contributed by atoms with van der Waals surface area (Å²) in [5, 5.41) is 9.62. The van der Waals surface area contributed by atoms with Gasteiger partial charge in [-0.1, -0.05) is 261 Å². The highest BCUT2D eigenvalue weighted by Gasteiger charge is 2.16. The van der Waals surface area contributed by atoms with Crippen LogP contribution in [0.2, 0.25) is 0 Å². The van der Waals surface area contributed by atoms with E-state index in [-0.39, 0.29) is 25.2 Å². The first-order chi connectivity index (χ1) is 30.6. The first kappa shape index (κ1) is 59.6. The standard InChI is InChI=1S/C57H102O5/c1-3-5-7-9-11-13-15-17-19-21-23-24-25-26-27-28-29-30-31-32-34-35-37-39-41-43-45-47-49-51-56(59)61-54-55(53-58)62-57(60)52-50-48-46-44-42-40-38-36-33-22-20-18-16-14-12-10-8-6-4-2/h6,8,12,14,18,20,33,36,40,42,55,58H,3-5,7,9-11,13,15-17,19,21-32,34-35,37-39,41,43-54H2,1-2H3/b8-6-,14-12-,20-18-,36-33-,42-40-. The summed E-state index contributed by atoms with van der Waals surface area (Å²) in [5.41, 5.74) is 0. The van der Waals surface area contributed by atoms with E-state index in [0.717, 1.165) is 77.0 Å². The van der Waals surface area contributed by atoms with Crippen LogP contribution in [0.25, 0.3) is 0 Å². The van der Waals surface area contributed by atoms with E-state index in [9.17, 15) is 14.7 Å². The van der Waals surface area contributed by atoms with Crippen LogP contribution in [0.4, 0.5) is 0 Å². The zero-order valence-electron chi connectivity index (χ0n) is 41.1. The first-order valence-electron chi connectivity index (χ1n) is 26.8. The number of rotatable bonds is 49. The molecule has 0 fully saturated rings. The third kappa shape index (κ3) is 50.2. The van der Waals surface area contributed by atoms with E-state index in [0.29, 0.717) is 12.8 Å². The number of ether oxygens (including phenoxy) is 2. The highest BCUT2D eigenvalue weighted by molar-refractivity contribution is 5.70. The number of aliphatic hydroxyl groups excluding tert-OH is 1. The van der Waals surface area contributed by atoms with Crippen molar-refractivity contribution in [1.29, 1.82) is 0 Å². The Morgan fingerprint density at radius 3 is 1.05 bits per heavy atom. The Balaban J connectivity index is 3.48. The summed E-state index contributed by atoms with van der Waals surface area (Å²) in [6, 6.07) is 0. The van der Waals surface area contributed by atoms with E-state index in [1.807, 2.05) is 0 Å². The number of carbonyl (C=O) groups is 2. The Kier molecular flexibility index (Phi) is 50.9. The summed E-state index contributed by atoms with van der Waals surface area (Å²) < 4.78 is 10.7. The van der Waals surface area contributed by atoms with Crippen LogP contribution in [0.3, 0.4) is 0 Å². The highest BCUT2D eigenvalue weighted by atomic mass is 16.6. The van der Waals surface area contributed by atoms with Crippen molar-refractivity contribution in [1.82, 2.24) is 0 Å². The first-order valence-corrected chi connectivity index (χ1v) is 26.8. The number of allylic oxidation sites excluding steroid dienone is 10. The second kappa shape index (κ2) is 52.9. The Bertz CT molecular complexity index is 1070. The Morgan fingerprint density at radius 2 is 0.694 bits per heavy atom. The van der Waals surface area contributed by atoms with Gasteiger partial charge in [-0.25, -0.2) is 0 Å². The fourth-order valence-corrected chi connectivity index (χ4v) is 7.82. The van der Waals surface area contributed by atoms with Gasteiger partial charge in [-0.05, 0) is 57.8 Å². The summed E-state index contributed by atoms with van der Waals surface area (Å²) in [7, 11) is 0. The quantitative estimate of drug-likeness (QED) is 0.0375. The third-order valence-electron chi connectivity index (χ3n) is 11.8. The molecule has 0 heterocycles. The van der Waals surface area contributed by atoms with Gasteiger partial charge in [0.05, 0.1) is 6.61 Å². The molecule has 5 heteroatoms. The molecule has 0 spiro atoms. The van der Waals surface area contributed by atoms with Crippen LogP contribution in [-0.4, -0.2) is 36.4 Å². The van der Waals surface area contributed by atoms with Gasteiger partial charge < -0.3 is 14.6 Å². The molecule has 62 heavy (non-hydrogen) atoms. The maximum atomic E-state index is 12.2. The Morgan fingerprint density at radius 1 is 0.387 bits per heavy atom. The van der Waals surface area contributed by atoms with Crippen molar-refractivity contribution in [3.05, 3.63) is 60.8 Å². The van der Waals surface area contributed by atoms with E-state index in [2.05, 4.69) is 74.6 Å². The molecule has 360 valence electrons. The molecule has 0 aromatic rings. The molecule has 0 saturated carbocycles. The molecule has 0 aliphatic heterocycles. The van der Waals surface area contributed by atoms with Crippen molar-refractivity contribution in [2.75, 3.05) is 13.2 Å². The topological polar surface area (TPSA) is 72.8 Å². The summed E-state index contributed by atoms with van der Waals surface area (Å²) in [5.74, 6) is -0.620. The van der Waals surface area contributed by atoms with Crippen LogP contribution in [-0.2, 0) is 19.1 Å². The zero-order valence-corrected chi connectivity index (χ0v) is 41.1. The van der Waals surface area contributed by atoms with Crippen LogP contribution in [0, 0.1) is 0 Å². The molecule has 0 aliphatic carbocycles. The second-order valence-corrected chi connectivity index (χ2v) is 17.9. The van der Waals surface area contributed by atoms with E-state index in [4.69, 9.17) is 9.47 Å². The van der Waals surface area contributed by atoms with Crippen LogP contribution >= 0.6 is 0 Å². The molecule has 1 atom stereocenters. The van der Waals surface area contributed by atoms with Crippen molar-refractivity contribution >= 4 is 11.9 Å². The number of unbranched alkanes of at least 4 members (excludes halogenated alkanes) is 31. The van der Waals surface area contributed by atoms with Crippen molar-refractivity contribution < 1.29 is 24.2 Å². The molecule has 1 N–H and O–H groups in total. The average molecular weight is 867 g/mol. The lowest BCUT2D eigenvalue weighted by molar-refractivity contribution is -0.161. The lowest BCUT2D eigenvalue weighted by Crippen LogP contribution is -2.28. The van der Waals surface area contributed by atoms with Crippen LogP contribution in [0.1, 0.15) is 271 Å². The molecule has 0 saturated heterocycles. The molecule has 0 aliphatic rings. The molecular weight excluding hydrogens is 765 g/mol. The van der Waals surface area contributed by atoms with Gasteiger partial charge in [-0.3, -0.25) is 9.59 Å². The lowest BCUT2D eigenvalue weighted by atomic mass is 10.0. The van der Waals surface area contributed by atoms with Crippen molar-refractivity contribution in [2.24, 2.45) is 0 Å². The molecular formula is C57H102O5. The van der Waals surface area contributed by atoms with Gasteiger partial charge in [0.2, 0.25) is 0 Å². The lowest BCUT2D eigenvalue weighted by Gasteiger charge is -2.15. The highest BCUT2D eigenvalue weighted by Crippen LogP contribution is 2.17. The maximum Gasteiger partial charge on any atom is 0.306 e. The van der Waals surface area contributed by atoms with Gasteiger partial charge in [-0.2, -0.15) is 0 Å². The monoisotopic (exact) mass is 867 g/mol. The third-order valence-corrected chi connectivity index (χ3v) is 11.8. The van der Waals surface area contributed by atoms with Crippen LogP contribution < -0.4 is 0 Å². The summed E-state index contributed by atoms with van der Waals surface area (Å²) >= 11 is 0. The summed E-state index contributed by atoms with van der Waals surface area (Å²) in [6.07, 6.45) is 70.5.